The summed E-state index contributed by atoms with van der Waals surface area (Å²) in [5.41, 5.74) is 1.26. The number of rotatable bonds is 8. The van der Waals surface area contributed by atoms with Crippen molar-refractivity contribution in [3.63, 3.8) is 0 Å². The SMILES string of the molecule is CCC(CC)C(CNC(=NC)NCc1ccccc1)N(C)C.I. The molecule has 4 nitrogen and oxygen atoms in total. The lowest BCUT2D eigenvalue weighted by atomic mass is 9.93. The summed E-state index contributed by atoms with van der Waals surface area (Å²) in [7, 11) is 6.14. The van der Waals surface area contributed by atoms with Crippen LogP contribution >= 0.6 is 24.0 Å². The van der Waals surface area contributed by atoms with Crippen LogP contribution in [0.15, 0.2) is 35.3 Å². The molecule has 0 saturated carbocycles. The molecule has 0 aromatic heterocycles. The normalized spacial score (nSPS) is 12.9. The van der Waals surface area contributed by atoms with E-state index in [9.17, 15) is 0 Å². The topological polar surface area (TPSA) is 39.7 Å². The van der Waals surface area contributed by atoms with Gasteiger partial charge in [-0.25, -0.2) is 0 Å². The molecule has 23 heavy (non-hydrogen) atoms. The maximum atomic E-state index is 4.32. The maximum Gasteiger partial charge on any atom is 0.191 e. The summed E-state index contributed by atoms with van der Waals surface area (Å²) in [6.07, 6.45) is 2.41. The first-order valence-electron chi connectivity index (χ1n) is 8.27. The zero-order chi connectivity index (χ0) is 16.4. The number of hydrogen-bond donors (Lipinski definition) is 2. The van der Waals surface area contributed by atoms with Crippen molar-refractivity contribution in [2.75, 3.05) is 27.7 Å². The molecule has 0 amide bonds. The molecule has 0 radical (unpaired) electrons. The summed E-state index contributed by atoms with van der Waals surface area (Å²) in [6.45, 7) is 6.24. The molecular weight excluding hydrogens is 399 g/mol. The second-order valence-corrected chi connectivity index (χ2v) is 5.90. The molecule has 5 heteroatoms. The van der Waals surface area contributed by atoms with E-state index in [1.54, 1.807) is 0 Å². The number of nitrogens with one attached hydrogen (secondary N) is 2. The highest BCUT2D eigenvalue weighted by atomic mass is 127. The van der Waals surface area contributed by atoms with E-state index in [0.717, 1.165) is 19.0 Å². The monoisotopic (exact) mass is 432 g/mol. The molecule has 0 saturated heterocycles. The van der Waals surface area contributed by atoms with E-state index < -0.39 is 0 Å². The fourth-order valence-corrected chi connectivity index (χ4v) is 2.81. The number of nitrogens with zero attached hydrogens (tertiary/aromatic N) is 2. The van der Waals surface area contributed by atoms with Gasteiger partial charge in [0, 0.05) is 26.2 Å². The first kappa shape index (κ1) is 22.2. The summed E-state index contributed by atoms with van der Waals surface area (Å²) >= 11 is 0. The van der Waals surface area contributed by atoms with E-state index in [0.29, 0.717) is 12.0 Å². The summed E-state index contributed by atoms with van der Waals surface area (Å²) in [4.78, 5) is 6.64. The summed E-state index contributed by atoms with van der Waals surface area (Å²) in [5.74, 6) is 1.57. The number of benzene rings is 1. The Hall–Kier alpha value is -0.820. The predicted molar refractivity (Wildman–Crippen MR) is 112 cm³/mol. The Morgan fingerprint density at radius 2 is 1.70 bits per heavy atom. The van der Waals surface area contributed by atoms with Crippen LogP contribution in [0, 0.1) is 5.92 Å². The second-order valence-electron chi connectivity index (χ2n) is 5.90. The fourth-order valence-electron chi connectivity index (χ4n) is 2.81. The molecule has 1 atom stereocenters. The lowest BCUT2D eigenvalue weighted by molar-refractivity contribution is 0.200. The Morgan fingerprint density at radius 3 is 2.17 bits per heavy atom. The van der Waals surface area contributed by atoms with Crippen LogP contribution in [0.5, 0.6) is 0 Å². The molecule has 1 rings (SSSR count). The Morgan fingerprint density at radius 1 is 1.09 bits per heavy atom. The molecule has 1 aromatic rings. The minimum atomic E-state index is 0. The Bertz CT molecular complexity index is 430. The molecule has 1 unspecified atom stereocenters. The molecule has 0 heterocycles. The molecular formula is C18H33IN4. The van der Waals surface area contributed by atoms with Crippen LogP contribution in [0.4, 0.5) is 0 Å². The van der Waals surface area contributed by atoms with E-state index in [1.807, 2.05) is 13.1 Å². The first-order valence-corrected chi connectivity index (χ1v) is 8.27. The zero-order valence-electron chi connectivity index (χ0n) is 15.2. The van der Waals surface area contributed by atoms with Crippen molar-refractivity contribution in [3.8, 4) is 0 Å². The van der Waals surface area contributed by atoms with Crippen molar-refractivity contribution >= 4 is 29.9 Å². The third-order valence-corrected chi connectivity index (χ3v) is 4.26. The van der Waals surface area contributed by atoms with Crippen molar-refractivity contribution in [3.05, 3.63) is 35.9 Å². The van der Waals surface area contributed by atoms with Crippen LogP contribution in [0.3, 0.4) is 0 Å². The van der Waals surface area contributed by atoms with Crippen LogP contribution in [-0.4, -0.2) is 44.6 Å². The highest BCUT2D eigenvalue weighted by Crippen LogP contribution is 2.16. The number of aliphatic imine (C=N–C) groups is 1. The van der Waals surface area contributed by atoms with Gasteiger partial charge in [-0.3, -0.25) is 4.99 Å². The maximum absolute atomic E-state index is 4.32. The second kappa shape index (κ2) is 12.6. The Balaban J connectivity index is 0.00000484. The van der Waals surface area contributed by atoms with E-state index in [4.69, 9.17) is 0 Å². The van der Waals surface area contributed by atoms with E-state index in [1.165, 1.54) is 18.4 Å². The summed E-state index contributed by atoms with van der Waals surface area (Å²) < 4.78 is 0. The van der Waals surface area contributed by atoms with Gasteiger partial charge in [-0.1, -0.05) is 57.0 Å². The van der Waals surface area contributed by atoms with E-state index in [2.05, 4.69) is 72.7 Å². The summed E-state index contributed by atoms with van der Waals surface area (Å²) in [6, 6.07) is 10.9. The molecule has 0 aliphatic rings. The van der Waals surface area contributed by atoms with Crippen molar-refractivity contribution in [1.82, 2.24) is 15.5 Å². The molecule has 0 bridgehead atoms. The lowest BCUT2D eigenvalue weighted by Crippen LogP contribution is -2.47. The third-order valence-electron chi connectivity index (χ3n) is 4.26. The quantitative estimate of drug-likeness (QED) is 0.376. The fraction of sp³-hybridized carbons (Fsp3) is 0.611. The average Bonchev–Trinajstić information content (AvgIpc) is 2.54. The van der Waals surface area contributed by atoms with Gasteiger partial charge >= 0.3 is 0 Å². The van der Waals surface area contributed by atoms with Gasteiger partial charge in [0.05, 0.1) is 0 Å². The highest BCUT2D eigenvalue weighted by molar-refractivity contribution is 14.0. The number of hydrogen-bond acceptors (Lipinski definition) is 2. The molecule has 0 aliphatic carbocycles. The molecule has 0 spiro atoms. The van der Waals surface area contributed by atoms with Crippen molar-refractivity contribution in [2.24, 2.45) is 10.9 Å². The van der Waals surface area contributed by atoms with E-state index in [-0.39, 0.29) is 24.0 Å². The van der Waals surface area contributed by atoms with Gasteiger partial charge in [0.1, 0.15) is 0 Å². The van der Waals surface area contributed by atoms with Gasteiger partial charge in [-0.05, 0) is 25.6 Å². The lowest BCUT2D eigenvalue weighted by Gasteiger charge is -2.32. The molecule has 0 fully saturated rings. The van der Waals surface area contributed by atoms with Crippen LogP contribution in [0.25, 0.3) is 0 Å². The van der Waals surface area contributed by atoms with Crippen LogP contribution in [0.1, 0.15) is 32.3 Å². The highest BCUT2D eigenvalue weighted by Gasteiger charge is 2.20. The van der Waals surface area contributed by atoms with Crippen molar-refractivity contribution in [2.45, 2.75) is 39.3 Å². The average molecular weight is 432 g/mol. The number of halogens is 1. The van der Waals surface area contributed by atoms with Gasteiger partial charge in [-0.2, -0.15) is 0 Å². The van der Waals surface area contributed by atoms with Crippen molar-refractivity contribution < 1.29 is 0 Å². The van der Waals surface area contributed by atoms with Gasteiger partial charge in [0.25, 0.3) is 0 Å². The van der Waals surface area contributed by atoms with Gasteiger partial charge in [0.2, 0.25) is 0 Å². The third kappa shape index (κ3) is 8.01. The Labute approximate surface area is 159 Å². The van der Waals surface area contributed by atoms with Gasteiger partial charge in [0.15, 0.2) is 5.96 Å². The zero-order valence-corrected chi connectivity index (χ0v) is 17.5. The van der Waals surface area contributed by atoms with Crippen LogP contribution in [0.2, 0.25) is 0 Å². The first-order chi connectivity index (χ1) is 10.6. The largest absolute Gasteiger partial charge is 0.355 e. The number of likely N-dealkylation sites (N-methyl/N-ethyl adjacent to an activating group) is 1. The molecule has 0 aliphatic heterocycles. The smallest absolute Gasteiger partial charge is 0.191 e. The van der Waals surface area contributed by atoms with Gasteiger partial charge in [-0.15, -0.1) is 24.0 Å². The molecule has 2 N–H and O–H groups in total. The predicted octanol–water partition coefficient (Wildman–Crippen LogP) is 3.34. The minimum Gasteiger partial charge on any atom is -0.355 e. The van der Waals surface area contributed by atoms with Crippen LogP contribution < -0.4 is 10.6 Å². The van der Waals surface area contributed by atoms with Crippen molar-refractivity contribution in [1.29, 1.82) is 0 Å². The minimum absolute atomic E-state index is 0. The summed E-state index contributed by atoms with van der Waals surface area (Å²) in [5, 5.41) is 6.84. The standard InChI is InChI=1S/C18H32N4.HI/c1-6-16(7-2)17(22(4)5)14-21-18(19-3)20-13-15-11-9-8-10-12-15;/h8-12,16-17H,6-7,13-14H2,1-5H3,(H2,19,20,21);1H. The van der Waals surface area contributed by atoms with E-state index >= 15 is 0 Å². The van der Waals surface area contributed by atoms with Gasteiger partial charge < -0.3 is 15.5 Å². The number of guanidine groups is 1. The molecule has 1 aromatic carbocycles. The van der Waals surface area contributed by atoms with Crippen LogP contribution in [-0.2, 0) is 6.54 Å². The Kier molecular flexibility index (Phi) is 12.1. The molecule has 132 valence electrons.